The third-order valence-electron chi connectivity index (χ3n) is 4.15. The van der Waals surface area contributed by atoms with Crippen LogP contribution >= 0.6 is 0 Å². The number of morpholine rings is 1. The van der Waals surface area contributed by atoms with Crippen molar-refractivity contribution < 1.29 is 4.74 Å². The molecule has 0 aromatic carbocycles. The fourth-order valence-electron chi connectivity index (χ4n) is 2.81. The molecule has 5 heteroatoms. The number of likely N-dealkylation sites (tertiary alicyclic amines) is 1. The van der Waals surface area contributed by atoms with E-state index in [0.29, 0.717) is 6.04 Å². The summed E-state index contributed by atoms with van der Waals surface area (Å²) in [5, 5.41) is 12.3. The van der Waals surface area contributed by atoms with Crippen molar-refractivity contribution in [3.63, 3.8) is 0 Å². The van der Waals surface area contributed by atoms with E-state index in [1.807, 2.05) is 14.0 Å². The third kappa shape index (κ3) is 3.21. The summed E-state index contributed by atoms with van der Waals surface area (Å²) >= 11 is 0. The number of likely N-dealkylation sites (N-methyl/N-ethyl adjacent to an activating group) is 1. The number of nitriles is 1. The standard InChI is InChI=1S/C13H24N4O/c1-13(10-14,15-2)11-16-4-3-12(9-16)17-5-7-18-8-6-17/h12,15H,3-9,11H2,1-2H3. The lowest BCUT2D eigenvalue weighted by atomic mass is 10.1. The molecule has 2 heterocycles. The molecule has 0 amide bonds. The second-order valence-electron chi connectivity index (χ2n) is 5.52. The number of nitrogens with zero attached hydrogens (tertiary/aromatic N) is 3. The summed E-state index contributed by atoms with van der Waals surface area (Å²) < 4.78 is 5.39. The van der Waals surface area contributed by atoms with Crippen LogP contribution in [0.5, 0.6) is 0 Å². The Hall–Kier alpha value is -0.670. The molecule has 2 fully saturated rings. The third-order valence-corrected chi connectivity index (χ3v) is 4.15. The summed E-state index contributed by atoms with van der Waals surface area (Å²) in [5.41, 5.74) is -0.431. The Balaban J connectivity index is 1.83. The molecule has 0 bridgehead atoms. The molecule has 2 unspecified atom stereocenters. The highest BCUT2D eigenvalue weighted by atomic mass is 16.5. The van der Waals surface area contributed by atoms with E-state index < -0.39 is 5.54 Å². The van der Waals surface area contributed by atoms with Crippen LogP contribution in [0.3, 0.4) is 0 Å². The van der Waals surface area contributed by atoms with Crippen LogP contribution in [-0.2, 0) is 4.74 Å². The molecule has 0 aliphatic carbocycles. The number of hydrogen-bond acceptors (Lipinski definition) is 5. The van der Waals surface area contributed by atoms with Crippen molar-refractivity contribution in [2.24, 2.45) is 0 Å². The van der Waals surface area contributed by atoms with Crippen molar-refractivity contribution in [3.05, 3.63) is 0 Å². The molecular weight excluding hydrogens is 228 g/mol. The minimum atomic E-state index is -0.431. The zero-order chi connectivity index (χ0) is 13.0. The lowest BCUT2D eigenvalue weighted by molar-refractivity contribution is 0.0182. The zero-order valence-electron chi connectivity index (χ0n) is 11.5. The van der Waals surface area contributed by atoms with E-state index in [4.69, 9.17) is 4.74 Å². The average molecular weight is 252 g/mol. The van der Waals surface area contributed by atoms with Gasteiger partial charge in [0.05, 0.1) is 19.3 Å². The van der Waals surface area contributed by atoms with E-state index in [0.717, 1.165) is 45.9 Å². The molecule has 0 saturated carbocycles. The summed E-state index contributed by atoms with van der Waals surface area (Å²) in [6, 6.07) is 3.01. The molecule has 1 N–H and O–H groups in total. The Morgan fingerprint density at radius 2 is 2.11 bits per heavy atom. The van der Waals surface area contributed by atoms with E-state index in [9.17, 15) is 5.26 Å². The summed E-state index contributed by atoms with van der Waals surface area (Å²) in [4.78, 5) is 4.94. The van der Waals surface area contributed by atoms with Gasteiger partial charge in [0.25, 0.3) is 0 Å². The maximum atomic E-state index is 9.19. The molecule has 0 aromatic heterocycles. The largest absolute Gasteiger partial charge is 0.379 e. The van der Waals surface area contributed by atoms with E-state index in [1.54, 1.807) is 0 Å². The lowest BCUT2D eigenvalue weighted by Crippen LogP contribution is -2.49. The summed E-state index contributed by atoms with van der Waals surface area (Å²) in [6.07, 6.45) is 1.21. The minimum Gasteiger partial charge on any atom is -0.379 e. The fourth-order valence-corrected chi connectivity index (χ4v) is 2.81. The van der Waals surface area contributed by atoms with Gasteiger partial charge >= 0.3 is 0 Å². The molecule has 18 heavy (non-hydrogen) atoms. The first-order valence-corrected chi connectivity index (χ1v) is 6.81. The molecule has 5 nitrogen and oxygen atoms in total. The molecule has 2 aliphatic rings. The highest BCUT2D eigenvalue weighted by Crippen LogP contribution is 2.18. The van der Waals surface area contributed by atoms with Gasteiger partial charge < -0.3 is 10.1 Å². The van der Waals surface area contributed by atoms with E-state index >= 15 is 0 Å². The number of hydrogen-bond donors (Lipinski definition) is 1. The summed E-state index contributed by atoms with van der Waals surface area (Å²) in [7, 11) is 1.86. The molecule has 2 atom stereocenters. The second kappa shape index (κ2) is 5.98. The summed E-state index contributed by atoms with van der Waals surface area (Å²) in [5.74, 6) is 0. The fraction of sp³-hybridized carbons (Fsp3) is 0.923. The van der Waals surface area contributed by atoms with Gasteiger partial charge in [-0.1, -0.05) is 0 Å². The van der Waals surface area contributed by atoms with Gasteiger partial charge in [-0.3, -0.25) is 9.80 Å². The average Bonchev–Trinajstić information content (AvgIpc) is 2.88. The Bertz CT molecular complexity index is 311. The van der Waals surface area contributed by atoms with E-state index in [1.165, 1.54) is 6.42 Å². The van der Waals surface area contributed by atoms with Gasteiger partial charge in [0.1, 0.15) is 5.54 Å². The first-order chi connectivity index (χ1) is 8.67. The highest BCUT2D eigenvalue weighted by molar-refractivity contribution is 5.06. The molecule has 0 spiro atoms. The van der Waals surface area contributed by atoms with E-state index in [2.05, 4.69) is 21.2 Å². The second-order valence-corrected chi connectivity index (χ2v) is 5.52. The predicted octanol–water partition coefficient (Wildman–Crippen LogP) is -0.105. The monoisotopic (exact) mass is 252 g/mol. The van der Waals surface area contributed by atoms with Gasteiger partial charge in [0, 0.05) is 32.2 Å². The SMILES string of the molecule is CNC(C)(C#N)CN1CCC(N2CCOCC2)C1. The van der Waals surface area contributed by atoms with E-state index in [-0.39, 0.29) is 0 Å². The van der Waals surface area contributed by atoms with Crippen molar-refractivity contribution in [2.75, 3.05) is 53.0 Å². The van der Waals surface area contributed by atoms with Crippen LogP contribution in [0.2, 0.25) is 0 Å². The maximum absolute atomic E-state index is 9.19. The van der Waals surface area contributed by atoms with Gasteiger partial charge in [-0.15, -0.1) is 0 Å². The molecule has 102 valence electrons. The van der Waals surface area contributed by atoms with Crippen molar-refractivity contribution in [1.82, 2.24) is 15.1 Å². The Morgan fingerprint density at radius 1 is 1.39 bits per heavy atom. The molecule has 0 aromatic rings. The van der Waals surface area contributed by atoms with Crippen molar-refractivity contribution >= 4 is 0 Å². The van der Waals surface area contributed by atoms with Crippen LogP contribution in [-0.4, -0.2) is 74.4 Å². The smallest absolute Gasteiger partial charge is 0.116 e. The van der Waals surface area contributed by atoms with Crippen LogP contribution in [0, 0.1) is 11.3 Å². The van der Waals surface area contributed by atoms with Crippen LogP contribution in [0.4, 0.5) is 0 Å². The topological polar surface area (TPSA) is 51.5 Å². The van der Waals surface area contributed by atoms with Gasteiger partial charge in [0.15, 0.2) is 0 Å². The minimum absolute atomic E-state index is 0.431. The first kappa shape index (κ1) is 13.8. The first-order valence-electron chi connectivity index (χ1n) is 6.81. The lowest BCUT2D eigenvalue weighted by Gasteiger charge is -2.33. The molecular formula is C13H24N4O. The Morgan fingerprint density at radius 3 is 2.72 bits per heavy atom. The highest BCUT2D eigenvalue weighted by Gasteiger charge is 2.32. The zero-order valence-corrected chi connectivity index (χ0v) is 11.5. The van der Waals surface area contributed by atoms with Gasteiger partial charge in [-0.25, -0.2) is 0 Å². The van der Waals surface area contributed by atoms with Crippen LogP contribution in [0.15, 0.2) is 0 Å². The Labute approximate surface area is 110 Å². The molecule has 2 rings (SSSR count). The number of ether oxygens (including phenoxy) is 1. The van der Waals surface area contributed by atoms with Crippen LogP contribution in [0.1, 0.15) is 13.3 Å². The number of rotatable bonds is 4. The van der Waals surface area contributed by atoms with Gasteiger partial charge in [-0.05, 0) is 26.9 Å². The van der Waals surface area contributed by atoms with Crippen molar-refractivity contribution in [3.8, 4) is 6.07 Å². The normalized spacial score (nSPS) is 29.9. The quantitative estimate of drug-likeness (QED) is 0.757. The Kier molecular flexibility index (Phi) is 4.57. The van der Waals surface area contributed by atoms with Crippen molar-refractivity contribution in [1.29, 1.82) is 5.26 Å². The molecule has 2 aliphatic heterocycles. The van der Waals surface area contributed by atoms with Crippen LogP contribution < -0.4 is 5.32 Å². The van der Waals surface area contributed by atoms with Gasteiger partial charge in [0.2, 0.25) is 0 Å². The molecule has 0 radical (unpaired) electrons. The summed E-state index contributed by atoms with van der Waals surface area (Å²) in [6.45, 7) is 8.79. The number of nitrogens with one attached hydrogen (secondary N) is 1. The van der Waals surface area contributed by atoms with Gasteiger partial charge in [-0.2, -0.15) is 5.26 Å². The van der Waals surface area contributed by atoms with Crippen LogP contribution in [0.25, 0.3) is 0 Å². The molecule has 2 saturated heterocycles. The van der Waals surface area contributed by atoms with Crippen molar-refractivity contribution in [2.45, 2.75) is 24.9 Å². The predicted molar refractivity (Wildman–Crippen MR) is 70.3 cm³/mol. The maximum Gasteiger partial charge on any atom is 0.116 e.